The Balaban J connectivity index is 2.39. The third-order valence-electron chi connectivity index (χ3n) is 2.42. The van der Waals surface area contributed by atoms with E-state index < -0.39 is 0 Å². The Labute approximate surface area is 73.7 Å². The van der Waals surface area contributed by atoms with Gasteiger partial charge >= 0.3 is 0 Å². The van der Waals surface area contributed by atoms with Crippen molar-refractivity contribution >= 4 is 5.91 Å². The quantitative estimate of drug-likeness (QED) is 0.617. The van der Waals surface area contributed by atoms with Gasteiger partial charge in [0.2, 0.25) is 5.91 Å². The molecule has 3 heteroatoms. The summed E-state index contributed by atoms with van der Waals surface area (Å²) in [5.74, 6) is 0.490. The van der Waals surface area contributed by atoms with Crippen LogP contribution >= 0.6 is 0 Å². The highest BCUT2D eigenvalue weighted by Crippen LogP contribution is 2.16. The van der Waals surface area contributed by atoms with Gasteiger partial charge in [-0.3, -0.25) is 4.79 Å². The molecule has 0 atom stereocenters. The third kappa shape index (κ3) is 2.21. The topological polar surface area (TPSA) is 29.5 Å². The van der Waals surface area contributed by atoms with Crippen molar-refractivity contribution in [1.82, 2.24) is 4.90 Å². The summed E-state index contributed by atoms with van der Waals surface area (Å²) in [5.41, 5.74) is 0. The zero-order valence-corrected chi connectivity index (χ0v) is 7.88. The maximum atomic E-state index is 11.6. The lowest BCUT2D eigenvalue weighted by atomic mass is 9.99. The van der Waals surface area contributed by atoms with Crippen LogP contribution in [0.2, 0.25) is 0 Å². The largest absolute Gasteiger partial charge is 0.381 e. The van der Waals surface area contributed by atoms with Gasteiger partial charge < -0.3 is 9.64 Å². The number of nitrogens with zero attached hydrogens (tertiary/aromatic N) is 1. The van der Waals surface area contributed by atoms with Gasteiger partial charge in [-0.05, 0) is 19.8 Å². The molecule has 0 aromatic rings. The molecule has 3 nitrogen and oxygen atoms in total. The summed E-state index contributed by atoms with van der Waals surface area (Å²) in [6.45, 7) is 4.29. The van der Waals surface area contributed by atoms with Crippen LogP contribution in [0.4, 0.5) is 0 Å². The molecule has 0 bridgehead atoms. The first kappa shape index (κ1) is 9.52. The Bertz CT molecular complexity index is 153. The highest BCUT2D eigenvalue weighted by Gasteiger charge is 2.23. The van der Waals surface area contributed by atoms with Crippen LogP contribution in [0, 0.1) is 5.92 Å². The second-order valence-corrected chi connectivity index (χ2v) is 3.24. The van der Waals surface area contributed by atoms with E-state index >= 15 is 0 Å². The molecule has 70 valence electrons. The summed E-state index contributed by atoms with van der Waals surface area (Å²) >= 11 is 0. The molecule has 0 aromatic carbocycles. The van der Waals surface area contributed by atoms with Gasteiger partial charge in [0.25, 0.3) is 0 Å². The first-order valence-corrected chi connectivity index (χ1v) is 4.58. The molecular formula is C9H17NO2. The predicted molar refractivity (Wildman–Crippen MR) is 46.9 cm³/mol. The van der Waals surface area contributed by atoms with Crippen LogP contribution in [-0.4, -0.2) is 37.6 Å². The lowest BCUT2D eigenvalue weighted by Gasteiger charge is -2.25. The van der Waals surface area contributed by atoms with Gasteiger partial charge in [-0.25, -0.2) is 0 Å². The number of amides is 1. The van der Waals surface area contributed by atoms with Crippen LogP contribution in [0.1, 0.15) is 19.8 Å². The molecule has 0 N–H and O–H groups in total. The van der Waals surface area contributed by atoms with E-state index in [9.17, 15) is 4.79 Å². The minimum Gasteiger partial charge on any atom is -0.381 e. The van der Waals surface area contributed by atoms with E-state index in [1.165, 1.54) is 0 Å². The monoisotopic (exact) mass is 171 g/mol. The molecule has 0 spiro atoms. The molecule has 1 heterocycles. The van der Waals surface area contributed by atoms with Crippen LogP contribution in [0.5, 0.6) is 0 Å². The van der Waals surface area contributed by atoms with Crippen LogP contribution in [-0.2, 0) is 9.53 Å². The Hall–Kier alpha value is -0.570. The number of carbonyl (C=O) groups excluding carboxylic acids is 1. The lowest BCUT2D eigenvalue weighted by molar-refractivity contribution is -0.136. The summed E-state index contributed by atoms with van der Waals surface area (Å²) in [6.07, 6.45) is 1.78. The van der Waals surface area contributed by atoms with E-state index in [0.717, 1.165) is 32.6 Å². The summed E-state index contributed by atoms with van der Waals surface area (Å²) in [7, 11) is 1.86. The maximum absolute atomic E-state index is 11.6. The Morgan fingerprint density at radius 2 is 2.08 bits per heavy atom. The van der Waals surface area contributed by atoms with E-state index in [1.54, 1.807) is 4.90 Å². The molecule has 0 unspecified atom stereocenters. The van der Waals surface area contributed by atoms with Crippen LogP contribution in [0.25, 0.3) is 0 Å². The van der Waals surface area contributed by atoms with Gasteiger partial charge in [0, 0.05) is 32.7 Å². The molecule has 12 heavy (non-hydrogen) atoms. The fraction of sp³-hybridized carbons (Fsp3) is 0.889. The maximum Gasteiger partial charge on any atom is 0.225 e. The molecule has 1 saturated heterocycles. The first-order chi connectivity index (χ1) is 5.75. The molecule has 0 saturated carbocycles. The van der Waals surface area contributed by atoms with Crippen molar-refractivity contribution in [2.24, 2.45) is 5.92 Å². The van der Waals surface area contributed by atoms with Gasteiger partial charge in [-0.15, -0.1) is 0 Å². The molecule has 0 aromatic heterocycles. The molecule has 1 aliphatic heterocycles. The first-order valence-electron chi connectivity index (χ1n) is 4.58. The van der Waals surface area contributed by atoms with Crippen molar-refractivity contribution in [3.8, 4) is 0 Å². The van der Waals surface area contributed by atoms with Gasteiger partial charge in [0.1, 0.15) is 0 Å². The van der Waals surface area contributed by atoms with Crippen molar-refractivity contribution < 1.29 is 9.53 Å². The van der Waals surface area contributed by atoms with Gasteiger partial charge in [0.05, 0.1) is 0 Å². The van der Waals surface area contributed by atoms with Crippen LogP contribution in [0.15, 0.2) is 0 Å². The molecule has 0 radical (unpaired) electrons. The van der Waals surface area contributed by atoms with E-state index in [1.807, 2.05) is 14.0 Å². The fourth-order valence-corrected chi connectivity index (χ4v) is 1.41. The van der Waals surface area contributed by atoms with E-state index in [0.29, 0.717) is 0 Å². The van der Waals surface area contributed by atoms with Crippen molar-refractivity contribution in [1.29, 1.82) is 0 Å². The molecule has 1 fully saturated rings. The van der Waals surface area contributed by atoms with Crippen molar-refractivity contribution in [3.05, 3.63) is 0 Å². The lowest BCUT2D eigenvalue weighted by Crippen LogP contribution is -2.35. The predicted octanol–water partition coefficient (Wildman–Crippen LogP) is 0.891. The highest BCUT2D eigenvalue weighted by molar-refractivity contribution is 5.78. The molecule has 1 rings (SSSR count). The third-order valence-corrected chi connectivity index (χ3v) is 2.42. The van der Waals surface area contributed by atoms with Gasteiger partial charge in [0.15, 0.2) is 0 Å². The van der Waals surface area contributed by atoms with Gasteiger partial charge in [-0.2, -0.15) is 0 Å². The molecule has 1 amide bonds. The number of hydrogen-bond donors (Lipinski definition) is 0. The summed E-state index contributed by atoms with van der Waals surface area (Å²) in [6, 6.07) is 0. The summed E-state index contributed by atoms with van der Waals surface area (Å²) < 4.78 is 5.19. The number of hydrogen-bond acceptors (Lipinski definition) is 2. The van der Waals surface area contributed by atoms with Crippen LogP contribution in [0.3, 0.4) is 0 Å². The molecular weight excluding hydrogens is 154 g/mol. The average Bonchev–Trinajstić information content (AvgIpc) is 2.17. The minimum atomic E-state index is 0.212. The van der Waals surface area contributed by atoms with Crippen LogP contribution < -0.4 is 0 Å². The standard InChI is InChI=1S/C9H17NO2/c1-3-10(2)9(11)8-4-6-12-7-5-8/h8H,3-7H2,1-2H3. The molecule has 1 aliphatic rings. The average molecular weight is 171 g/mol. The van der Waals surface area contributed by atoms with E-state index in [-0.39, 0.29) is 11.8 Å². The Morgan fingerprint density at radius 3 is 2.58 bits per heavy atom. The Kier molecular flexibility index (Phi) is 3.53. The molecule has 0 aliphatic carbocycles. The summed E-state index contributed by atoms with van der Waals surface area (Å²) in [4.78, 5) is 13.4. The summed E-state index contributed by atoms with van der Waals surface area (Å²) in [5, 5.41) is 0. The SMILES string of the molecule is CCN(C)C(=O)C1CCOCC1. The van der Waals surface area contributed by atoms with Crippen molar-refractivity contribution in [2.45, 2.75) is 19.8 Å². The normalized spacial score (nSPS) is 19.2. The number of rotatable bonds is 2. The zero-order chi connectivity index (χ0) is 8.97. The smallest absolute Gasteiger partial charge is 0.225 e. The van der Waals surface area contributed by atoms with E-state index in [4.69, 9.17) is 4.74 Å². The van der Waals surface area contributed by atoms with Crippen molar-refractivity contribution in [3.63, 3.8) is 0 Å². The fourth-order valence-electron chi connectivity index (χ4n) is 1.41. The Morgan fingerprint density at radius 1 is 1.50 bits per heavy atom. The highest BCUT2D eigenvalue weighted by atomic mass is 16.5. The second kappa shape index (κ2) is 4.45. The van der Waals surface area contributed by atoms with Crippen molar-refractivity contribution in [2.75, 3.05) is 26.8 Å². The van der Waals surface area contributed by atoms with E-state index in [2.05, 4.69) is 0 Å². The zero-order valence-electron chi connectivity index (χ0n) is 7.88. The number of ether oxygens (including phenoxy) is 1. The number of carbonyl (C=O) groups is 1. The minimum absolute atomic E-state index is 0.212. The second-order valence-electron chi connectivity index (χ2n) is 3.24. The van der Waals surface area contributed by atoms with Gasteiger partial charge in [-0.1, -0.05) is 0 Å².